The number of carbonyl (C=O) groups is 1. The molecule has 0 fully saturated rings. The number of hydrogen-bond donors (Lipinski definition) is 1. The number of nitrogens with zero attached hydrogens (tertiary/aromatic N) is 4. The number of amides is 1. The summed E-state index contributed by atoms with van der Waals surface area (Å²) in [6.45, 7) is 2.20. The number of aromatic nitrogens is 1. The summed E-state index contributed by atoms with van der Waals surface area (Å²) in [7, 11) is 0. The summed E-state index contributed by atoms with van der Waals surface area (Å²) in [6, 6.07) is 9.60. The lowest BCUT2D eigenvalue weighted by Crippen LogP contribution is -2.50. The minimum atomic E-state index is -0.422. The molecule has 0 saturated carbocycles. The Hall–Kier alpha value is -2.19. The highest BCUT2D eigenvalue weighted by Gasteiger charge is 2.34. The third kappa shape index (κ3) is 4.38. The highest BCUT2D eigenvalue weighted by Crippen LogP contribution is 2.30. The number of halogens is 1. The SMILES string of the molecule is CCCCCCSC1=NN2C(=c3cc(Br)ccc3=N[C@@H]2c2cccnc2)C(=O)N1. The number of hydrogen-bond acceptors (Lipinski definition) is 6. The molecule has 3 heterocycles. The number of benzene rings is 1. The Kier molecular flexibility index (Phi) is 6.30. The maximum Gasteiger partial charge on any atom is 0.276 e. The molecule has 1 amide bonds. The number of rotatable bonds is 6. The third-order valence-electron chi connectivity index (χ3n) is 4.79. The van der Waals surface area contributed by atoms with Crippen LogP contribution in [0.5, 0.6) is 0 Å². The van der Waals surface area contributed by atoms with Gasteiger partial charge < -0.3 is 0 Å². The molecule has 1 aromatic carbocycles. The average molecular weight is 472 g/mol. The van der Waals surface area contributed by atoms with Crippen molar-refractivity contribution in [3.8, 4) is 0 Å². The monoisotopic (exact) mass is 471 g/mol. The molecule has 6 nitrogen and oxygen atoms in total. The molecule has 2 aliphatic heterocycles. The van der Waals surface area contributed by atoms with Crippen molar-refractivity contribution in [1.29, 1.82) is 0 Å². The van der Waals surface area contributed by atoms with Crippen molar-refractivity contribution in [2.45, 2.75) is 38.8 Å². The second-order valence-electron chi connectivity index (χ2n) is 6.91. The van der Waals surface area contributed by atoms with Crippen LogP contribution in [0.25, 0.3) is 5.70 Å². The minimum Gasteiger partial charge on any atom is -0.298 e. The molecule has 1 aromatic heterocycles. The van der Waals surface area contributed by atoms with E-state index >= 15 is 0 Å². The van der Waals surface area contributed by atoms with E-state index in [1.807, 2.05) is 30.3 Å². The Morgan fingerprint density at radius 3 is 2.93 bits per heavy atom. The number of unbranched alkanes of at least 4 members (excludes halogenated alkanes) is 3. The number of hydrazone groups is 1. The Bertz CT molecular complexity index is 1060. The average Bonchev–Trinajstić information content (AvgIpc) is 2.73. The number of thioether (sulfide) groups is 1. The first-order valence-corrected chi connectivity index (χ1v) is 11.5. The molecule has 0 spiro atoms. The first-order valence-electron chi connectivity index (χ1n) is 9.77. The maximum atomic E-state index is 13.1. The van der Waals surface area contributed by atoms with Crippen LogP contribution >= 0.6 is 27.7 Å². The lowest BCUT2D eigenvalue weighted by atomic mass is 10.1. The largest absolute Gasteiger partial charge is 0.298 e. The zero-order valence-corrected chi connectivity index (χ0v) is 18.5. The Morgan fingerprint density at radius 2 is 2.14 bits per heavy atom. The van der Waals surface area contributed by atoms with Crippen LogP contribution in [-0.4, -0.2) is 26.8 Å². The fourth-order valence-corrected chi connectivity index (χ4v) is 4.57. The molecule has 1 N–H and O–H groups in total. The fourth-order valence-electron chi connectivity index (χ4n) is 3.36. The number of pyridine rings is 1. The molecule has 150 valence electrons. The number of fused-ring (bicyclic) bond motifs is 2. The molecule has 2 aromatic rings. The van der Waals surface area contributed by atoms with Gasteiger partial charge in [0.1, 0.15) is 5.70 Å². The lowest BCUT2D eigenvalue weighted by molar-refractivity contribution is -0.116. The Labute approximate surface area is 182 Å². The van der Waals surface area contributed by atoms with Gasteiger partial charge in [-0.2, -0.15) is 0 Å². The fraction of sp³-hybridized carbons (Fsp3) is 0.333. The second-order valence-corrected chi connectivity index (χ2v) is 8.91. The van der Waals surface area contributed by atoms with Crippen LogP contribution in [0.15, 0.2) is 57.3 Å². The van der Waals surface area contributed by atoms with Crippen molar-refractivity contribution in [3.05, 3.63) is 63.3 Å². The zero-order valence-electron chi connectivity index (χ0n) is 16.1. The van der Waals surface area contributed by atoms with Gasteiger partial charge in [0.05, 0.1) is 5.36 Å². The lowest BCUT2D eigenvalue weighted by Gasteiger charge is -2.34. The van der Waals surface area contributed by atoms with Crippen LogP contribution in [0.4, 0.5) is 0 Å². The minimum absolute atomic E-state index is 0.154. The smallest absolute Gasteiger partial charge is 0.276 e. The number of amidine groups is 1. The van der Waals surface area contributed by atoms with Crippen LogP contribution in [-0.2, 0) is 4.79 Å². The van der Waals surface area contributed by atoms with Gasteiger partial charge in [-0.1, -0.05) is 59.9 Å². The van der Waals surface area contributed by atoms with Gasteiger partial charge in [0, 0.05) is 33.4 Å². The summed E-state index contributed by atoms with van der Waals surface area (Å²) < 4.78 is 0.895. The summed E-state index contributed by atoms with van der Waals surface area (Å²) >= 11 is 5.08. The van der Waals surface area contributed by atoms with Gasteiger partial charge in [0.25, 0.3) is 5.91 Å². The van der Waals surface area contributed by atoms with E-state index < -0.39 is 6.17 Å². The van der Waals surface area contributed by atoms with E-state index in [0.29, 0.717) is 10.9 Å². The van der Waals surface area contributed by atoms with E-state index in [-0.39, 0.29) is 5.91 Å². The van der Waals surface area contributed by atoms with Crippen molar-refractivity contribution < 1.29 is 4.79 Å². The Morgan fingerprint density at radius 1 is 1.24 bits per heavy atom. The highest BCUT2D eigenvalue weighted by molar-refractivity contribution is 9.10. The van der Waals surface area contributed by atoms with Gasteiger partial charge in [0.15, 0.2) is 11.3 Å². The van der Waals surface area contributed by atoms with Crippen LogP contribution in [0, 0.1) is 0 Å². The van der Waals surface area contributed by atoms with Crippen LogP contribution in [0.2, 0.25) is 0 Å². The van der Waals surface area contributed by atoms with Crippen LogP contribution in [0.3, 0.4) is 0 Å². The van der Waals surface area contributed by atoms with Gasteiger partial charge in [-0.05, 0) is 30.7 Å². The third-order valence-corrected chi connectivity index (χ3v) is 6.23. The molecule has 0 aliphatic carbocycles. The number of carbonyl (C=O) groups excluding carboxylic acids is 1. The molecular formula is C21H22BrN5OS. The molecule has 8 heteroatoms. The molecule has 29 heavy (non-hydrogen) atoms. The second kappa shape index (κ2) is 9.09. The highest BCUT2D eigenvalue weighted by atomic mass is 79.9. The Balaban J connectivity index is 1.72. The maximum absolute atomic E-state index is 13.1. The molecule has 1 atom stereocenters. The topological polar surface area (TPSA) is 70.0 Å². The summed E-state index contributed by atoms with van der Waals surface area (Å²) in [5.41, 5.74) is 1.41. The van der Waals surface area contributed by atoms with Gasteiger partial charge in [0.2, 0.25) is 0 Å². The normalized spacial score (nSPS) is 17.8. The first kappa shape index (κ1) is 20.1. The summed E-state index contributed by atoms with van der Waals surface area (Å²) in [4.78, 5) is 22.2. The first-order chi connectivity index (χ1) is 14.2. The van der Waals surface area contributed by atoms with Crippen molar-refractivity contribution in [2.75, 3.05) is 5.75 Å². The van der Waals surface area contributed by atoms with Crippen molar-refractivity contribution in [1.82, 2.24) is 15.3 Å². The van der Waals surface area contributed by atoms with Crippen molar-refractivity contribution in [2.24, 2.45) is 10.1 Å². The van der Waals surface area contributed by atoms with Crippen molar-refractivity contribution >= 4 is 44.5 Å². The van der Waals surface area contributed by atoms with Gasteiger partial charge in [-0.3, -0.25) is 20.1 Å². The molecule has 0 saturated heterocycles. The van der Waals surface area contributed by atoms with Crippen LogP contribution < -0.4 is 15.9 Å². The van der Waals surface area contributed by atoms with Gasteiger partial charge in [-0.15, -0.1) is 5.10 Å². The van der Waals surface area contributed by atoms with Gasteiger partial charge in [-0.25, -0.2) is 5.01 Å². The molecule has 0 unspecified atom stereocenters. The summed E-state index contributed by atoms with van der Waals surface area (Å²) in [6.07, 6.45) is 7.82. The molecular weight excluding hydrogens is 450 g/mol. The van der Waals surface area contributed by atoms with E-state index in [1.54, 1.807) is 29.2 Å². The predicted molar refractivity (Wildman–Crippen MR) is 119 cm³/mol. The van der Waals surface area contributed by atoms with E-state index in [9.17, 15) is 4.79 Å². The predicted octanol–water partition coefficient (Wildman–Crippen LogP) is 3.30. The molecule has 4 rings (SSSR count). The molecule has 0 radical (unpaired) electrons. The molecule has 0 bridgehead atoms. The van der Waals surface area contributed by atoms with E-state index in [2.05, 4.69) is 33.2 Å². The van der Waals surface area contributed by atoms with Crippen molar-refractivity contribution in [3.63, 3.8) is 0 Å². The van der Waals surface area contributed by atoms with Crippen LogP contribution in [0.1, 0.15) is 44.3 Å². The standard InChI is InChI=1S/C21H22BrN5OS/c1-2-3-4-5-11-29-21-25-20(28)18-16-12-15(22)8-9-17(16)24-19(27(18)26-21)14-7-6-10-23-13-14/h6-10,12-13,19H,2-5,11H2,1H3,(H,25,26,28)/t19-/m0/s1. The van der Waals surface area contributed by atoms with E-state index in [0.717, 1.165) is 32.8 Å². The zero-order chi connectivity index (χ0) is 20.2. The molecule has 2 aliphatic rings. The number of nitrogens with one attached hydrogen (secondary N) is 1. The van der Waals surface area contributed by atoms with E-state index in [1.165, 1.54) is 19.3 Å². The summed E-state index contributed by atoms with van der Waals surface area (Å²) in [5.74, 6) is 0.776. The van der Waals surface area contributed by atoms with E-state index in [4.69, 9.17) is 10.1 Å². The quantitative estimate of drug-likeness (QED) is 0.656. The van der Waals surface area contributed by atoms with Gasteiger partial charge >= 0.3 is 0 Å². The summed E-state index contributed by atoms with van der Waals surface area (Å²) in [5, 5.41) is 11.6.